The fourth-order valence-electron chi connectivity index (χ4n) is 2.46. The lowest BCUT2D eigenvalue weighted by Gasteiger charge is -2.15. The first kappa shape index (κ1) is 22.4. The number of anilines is 1. The molecule has 0 fully saturated rings. The van der Waals surface area contributed by atoms with E-state index in [4.69, 9.17) is 16.3 Å². The molecule has 1 N–H and O–H groups in total. The first-order chi connectivity index (χ1) is 14.5. The first-order valence-electron chi connectivity index (χ1n) is 8.15. The van der Waals surface area contributed by atoms with E-state index in [0.29, 0.717) is 10.8 Å². The molecule has 0 saturated carbocycles. The summed E-state index contributed by atoms with van der Waals surface area (Å²) in [7, 11) is 0. The number of hydrogen-bond donors (Lipinski definition) is 1. The molecule has 0 unspecified atom stereocenters. The molecule has 0 atom stereocenters. The van der Waals surface area contributed by atoms with Crippen molar-refractivity contribution in [1.82, 2.24) is 9.78 Å². The average molecular weight is 468 g/mol. The van der Waals surface area contributed by atoms with Gasteiger partial charge in [-0.3, -0.25) is 4.79 Å². The Morgan fingerprint density at radius 3 is 2.13 bits per heavy atom. The number of rotatable bonds is 5. The van der Waals surface area contributed by atoms with Crippen molar-refractivity contribution in [2.45, 2.75) is 12.9 Å². The fourth-order valence-corrected chi connectivity index (χ4v) is 2.59. The fraction of sp³-hybridized carbons (Fsp3) is 0.111. The lowest BCUT2D eigenvalue weighted by Crippen LogP contribution is -2.23. The van der Waals surface area contributed by atoms with Gasteiger partial charge in [0.1, 0.15) is 22.7 Å². The number of hydrogen-bond acceptors (Lipinski definition) is 3. The third-order valence-corrected chi connectivity index (χ3v) is 4.15. The maximum Gasteiger partial charge on any atom is 0.422 e. The molecule has 1 heterocycles. The molecule has 13 heteroatoms. The van der Waals surface area contributed by atoms with E-state index in [-0.39, 0.29) is 12.4 Å². The SMILES string of the molecule is O=C(Nc1c(F)c(F)c(C(F)(F)F)c(F)c1F)c1ccnn1COc1ccc(Cl)cc1. The van der Waals surface area contributed by atoms with Crippen molar-refractivity contribution >= 4 is 23.2 Å². The zero-order chi connectivity index (χ0) is 22.9. The molecule has 0 radical (unpaired) electrons. The summed E-state index contributed by atoms with van der Waals surface area (Å²) in [6.45, 7) is -0.363. The van der Waals surface area contributed by atoms with E-state index >= 15 is 0 Å². The highest BCUT2D eigenvalue weighted by atomic mass is 35.5. The zero-order valence-electron chi connectivity index (χ0n) is 14.9. The van der Waals surface area contributed by atoms with Crippen molar-refractivity contribution in [3.8, 4) is 5.75 Å². The lowest BCUT2D eigenvalue weighted by atomic mass is 10.1. The van der Waals surface area contributed by atoms with Crippen LogP contribution in [0.15, 0.2) is 36.5 Å². The summed E-state index contributed by atoms with van der Waals surface area (Å²) in [5.74, 6) is -11.2. The van der Waals surface area contributed by atoms with Gasteiger partial charge in [-0.15, -0.1) is 0 Å². The third kappa shape index (κ3) is 4.58. The van der Waals surface area contributed by atoms with Crippen molar-refractivity contribution in [2.75, 3.05) is 5.32 Å². The van der Waals surface area contributed by atoms with Gasteiger partial charge in [-0.1, -0.05) is 11.6 Å². The number of ether oxygens (including phenoxy) is 1. The lowest BCUT2D eigenvalue weighted by molar-refractivity contribution is -0.143. The van der Waals surface area contributed by atoms with Crippen LogP contribution in [0.2, 0.25) is 5.02 Å². The van der Waals surface area contributed by atoms with Crippen LogP contribution >= 0.6 is 11.6 Å². The quantitative estimate of drug-likeness (QED) is 0.404. The van der Waals surface area contributed by atoms with Crippen molar-refractivity contribution in [3.63, 3.8) is 0 Å². The minimum atomic E-state index is -5.70. The summed E-state index contributed by atoms with van der Waals surface area (Å²) < 4.78 is 99.6. The maximum absolute atomic E-state index is 14.0. The van der Waals surface area contributed by atoms with Crippen LogP contribution < -0.4 is 10.1 Å². The molecule has 0 bridgehead atoms. The van der Waals surface area contributed by atoms with Crippen molar-refractivity contribution in [1.29, 1.82) is 0 Å². The molecule has 1 amide bonds. The van der Waals surface area contributed by atoms with Crippen LogP contribution in [-0.4, -0.2) is 15.7 Å². The highest BCUT2D eigenvalue weighted by molar-refractivity contribution is 6.30. The highest BCUT2D eigenvalue weighted by Crippen LogP contribution is 2.38. The van der Waals surface area contributed by atoms with E-state index in [0.717, 1.165) is 16.9 Å². The molecule has 0 aliphatic heterocycles. The Morgan fingerprint density at radius 2 is 1.58 bits per heavy atom. The Bertz CT molecular complexity index is 1100. The van der Waals surface area contributed by atoms with Crippen molar-refractivity contribution < 1.29 is 40.3 Å². The second kappa shape index (κ2) is 8.46. The van der Waals surface area contributed by atoms with Gasteiger partial charge in [0.2, 0.25) is 0 Å². The van der Waals surface area contributed by atoms with E-state index in [1.807, 2.05) is 0 Å². The van der Waals surface area contributed by atoms with Crippen molar-refractivity contribution in [2.24, 2.45) is 0 Å². The zero-order valence-corrected chi connectivity index (χ0v) is 15.7. The number of carbonyl (C=O) groups excluding carboxylic acids is 1. The Kier molecular flexibility index (Phi) is 6.11. The summed E-state index contributed by atoms with van der Waals surface area (Å²) >= 11 is 5.73. The second-order valence-corrected chi connectivity index (χ2v) is 6.34. The topological polar surface area (TPSA) is 56.2 Å². The summed E-state index contributed by atoms with van der Waals surface area (Å²) in [6.07, 6.45) is -4.59. The predicted octanol–water partition coefficient (Wildman–Crippen LogP) is 5.40. The molecule has 5 nitrogen and oxygen atoms in total. The second-order valence-electron chi connectivity index (χ2n) is 5.90. The number of nitrogens with zero attached hydrogens (tertiary/aromatic N) is 2. The maximum atomic E-state index is 14.0. The number of halogens is 8. The molecule has 0 aliphatic rings. The minimum Gasteiger partial charge on any atom is -0.471 e. The first-order valence-corrected chi connectivity index (χ1v) is 8.53. The molecule has 1 aromatic heterocycles. The Balaban J connectivity index is 1.85. The molecular weight excluding hydrogens is 459 g/mol. The normalized spacial score (nSPS) is 11.5. The molecular formula is C18H9ClF7N3O2. The third-order valence-electron chi connectivity index (χ3n) is 3.90. The number of amides is 1. The van der Waals surface area contributed by atoms with Gasteiger partial charge in [0.15, 0.2) is 30.0 Å². The van der Waals surface area contributed by atoms with Gasteiger partial charge in [-0.2, -0.15) is 18.3 Å². The van der Waals surface area contributed by atoms with Crippen LogP contribution in [0.3, 0.4) is 0 Å². The largest absolute Gasteiger partial charge is 0.471 e. The summed E-state index contributed by atoms with van der Waals surface area (Å²) in [6, 6.07) is 7.13. The van der Waals surface area contributed by atoms with Crippen LogP contribution in [0.25, 0.3) is 0 Å². The summed E-state index contributed by atoms with van der Waals surface area (Å²) in [4.78, 5) is 12.3. The standard InChI is InChI=1S/C18H9ClF7N3O2/c19-8-1-3-9(4-2-8)31-7-29-10(5-6-27-29)17(30)28-16-14(22)12(20)11(18(24,25)26)13(21)15(16)23/h1-6H,7H2,(H,28,30). The Morgan fingerprint density at radius 1 is 1.00 bits per heavy atom. The molecule has 0 saturated heterocycles. The van der Waals surface area contributed by atoms with E-state index < -0.39 is 46.6 Å². The highest BCUT2D eigenvalue weighted by Gasteiger charge is 2.42. The van der Waals surface area contributed by atoms with Gasteiger partial charge in [0.05, 0.1) is 0 Å². The monoisotopic (exact) mass is 467 g/mol. The molecule has 3 rings (SSSR count). The van der Waals surface area contributed by atoms with Gasteiger partial charge in [-0.05, 0) is 30.3 Å². The van der Waals surface area contributed by atoms with Crippen molar-refractivity contribution in [3.05, 3.63) is 76.1 Å². The van der Waals surface area contributed by atoms with Crippen LogP contribution in [0.5, 0.6) is 5.75 Å². The Hall–Kier alpha value is -3.28. The molecule has 2 aromatic carbocycles. The Labute approximate surface area is 174 Å². The number of benzene rings is 2. The molecule has 31 heavy (non-hydrogen) atoms. The number of carbonyl (C=O) groups is 1. The van der Waals surface area contributed by atoms with E-state index in [1.165, 1.54) is 29.6 Å². The van der Waals surface area contributed by atoms with Gasteiger partial charge < -0.3 is 10.1 Å². The van der Waals surface area contributed by atoms with Crippen LogP contribution in [-0.2, 0) is 12.9 Å². The van der Waals surface area contributed by atoms with Crippen LogP contribution in [0.1, 0.15) is 16.1 Å². The number of alkyl halides is 3. The molecule has 164 valence electrons. The van der Waals surface area contributed by atoms with E-state index in [1.54, 1.807) is 0 Å². The van der Waals surface area contributed by atoms with Crippen LogP contribution in [0, 0.1) is 23.3 Å². The van der Waals surface area contributed by atoms with Gasteiger partial charge in [-0.25, -0.2) is 22.2 Å². The number of aromatic nitrogens is 2. The summed E-state index contributed by atoms with van der Waals surface area (Å²) in [5, 5.41) is 5.71. The predicted molar refractivity (Wildman–Crippen MR) is 93.5 cm³/mol. The van der Waals surface area contributed by atoms with Crippen LogP contribution in [0.4, 0.5) is 36.4 Å². The molecule has 0 spiro atoms. The molecule has 3 aromatic rings. The number of nitrogens with one attached hydrogen (secondary N) is 1. The smallest absolute Gasteiger partial charge is 0.422 e. The summed E-state index contributed by atoms with van der Waals surface area (Å²) in [5.41, 5.74) is -4.84. The minimum absolute atomic E-state index is 0.329. The van der Waals surface area contributed by atoms with E-state index in [9.17, 15) is 35.5 Å². The molecule has 0 aliphatic carbocycles. The van der Waals surface area contributed by atoms with Gasteiger partial charge in [0, 0.05) is 11.2 Å². The average Bonchev–Trinajstić information content (AvgIpc) is 3.17. The van der Waals surface area contributed by atoms with Gasteiger partial charge in [0.25, 0.3) is 5.91 Å². The van der Waals surface area contributed by atoms with E-state index in [2.05, 4.69) is 5.10 Å². The van der Waals surface area contributed by atoms with Gasteiger partial charge >= 0.3 is 6.18 Å².